The molecule has 126 valence electrons. The second-order valence-electron chi connectivity index (χ2n) is 5.52. The van der Waals surface area contributed by atoms with Gasteiger partial charge in [0.05, 0.1) is 12.2 Å². The van der Waals surface area contributed by atoms with Crippen LogP contribution < -0.4 is 10.6 Å². The maximum absolute atomic E-state index is 12.0. The summed E-state index contributed by atoms with van der Waals surface area (Å²) in [6.45, 7) is 4.42. The molecular weight excluding hydrogens is 304 g/mol. The van der Waals surface area contributed by atoms with Gasteiger partial charge in [-0.15, -0.1) is 0 Å². The van der Waals surface area contributed by atoms with Crippen LogP contribution in [-0.2, 0) is 4.74 Å². The van der Waals surface area contributed by atoms with Crippen LogP contribution in [-0.4, -0.2) is 18.6 Å². The predicted octanol–water partition coefficient (Wildman–Crippen LogP) is 4.60. The zero-order valence-corrected chi connectivity index (χ0v) is 14.0. The van der Waals surface area contributed by atoms with E-state index in [4.69, 9.17) is 4.74 Å². The number of benzene rings is 2. The minimum atomic E-state index is -0.383. The van der Waals surface area contributed by atoms with Gasteiger partial charge in [0.1, 0.15) is 0 Å². The Labute approximate surface area is 142 Å². The second kappa shape index (κ2) is 8.72. The van der Waals surface area contributed by atoms with E-state index in [-0.39, 0.29) is 12.0 Å². The van der Waals surface area contributed by atoms with Gasteiger partial charge in [-0.3, -0.25) is 0 Å². The molecule has 2 aromatic carbocycles. The first-order valence-electron chi connectivity index (χ1n) is 8.00. The highest BCUT2D eigenvalue weighted by Crippen LogP contribution is 2.14. The molecule has 2 N–H and O–H groups in total. The fraction of sp³-hybridized carbons (Fsp3) is 0.263. The molecular formula is C19H22N2O3. The third-order valence-electron chi connectivity index (χ3n) is 3.40. The molecule has 0 atom stereocenters. The Morgan fingerprint density at radius 2 is 1.71 bits per heavy atom. The van der Waals surface area contributed by atoms with E-state index >= 15 is 0 Å². The molecule has 0 bridgehead atoms. The van der Waals surface area contributed by atoms with E-state index in [1.54, 1.807) is 24.3 Å². The van der Waals surface area contributed by atoms with Crippen molar-refractivity contribution in [1.29, 1.82) is 0 Å². The van der Waals surface area contributed by atoms with Crippen LogP contribution in [0.3, 0.4) is 0 Å². The number of rotatable bonds is 6. The summed E-state index contributed by atoms with van der Waals surface area (Å²) in [5, 5.41) is 5.45. The molecule has 24 heavy (non-hydrogen) atoms. The van der Waals surface area contributed by atoms with Crippen LogP contribution in [0.2, 0.25) is 0 Å². The minimum absolute atomic E-state index is 0.365. The smallest absolute Gasteiger partial charge is 0.338 e. The van der Waals surface area contributed by atoms with Crippen molar-refractivity contribution in [3.8, 4) is 0 Å². The van der Waals surface area contributed by atoms with Gasteiger partial charge in [-0.1, -0.05) is 37.1 Å². The number of nitrogens with one attached hydrogen (secondary N) is 2. The van der Waals surface area contributed by atoms with E-state index in [2.05, 4.69) is 10.6 Å². The summed E-state index contributed by atoms with van der Waals surface area (Å²) < 4.78 is 5.17. The van der Waals surface area contributed by atoms with Crippen LogP contribution in [0.5, 0.6) is 0 Å². The van der Waals surface area contributed by atoms with Crippen LogP contribution in [0.4, 0.5) is 16.2 Å². The minimum Gasteiger partial charge on any atom is -0.462 e. The molecule has 0 radical (unpaired) electrons. The number of esters is 1. The maximum atomic E-state index is 12.0. The summed E-state index contributed by atoms with van der Waals surface area (Å²) in [4.78, 5) is 24.0. The Morgan fingerprint density at radius 1 is 1.00 bits per heavy atom. The van der Waals surface area contributed by atoms with Crippen molar-refractivity contribution in [3.63, 3.8) is 0 Å². The van der Waals surface area contributed by atoms with Gasteiger partial charge in [0.15, 0.2) is 0 Å². The van der Waals surface area contributed by atoms with E-state index in [1.165, 1.54) is 0 Å². The van der Waals surface area contributed by atoms with E-state index in [0.29, 0.717) is 23.5 Å². The number of ether oxygens (including phenoxy) is 1. The van der Waals surface area contributed by atoms with Crippen LogP contribution in [0.1, 0.15) is 35.7 Å². The van der Waals surface area contributed by atoms with Crippen LogP contribution in [0, 0.1) is 6.92 Å². The molecule has 0 saturated heterocycles. The molecule has 2 rings (SSSR count). The summed E-state index contributed by atoms with van der Waals surface area (Å²) in [6, 6.07) is 13.8. The number of carbonyl (C=O) groups is 2. The van der Waals surface area contributed by atoms with Crippen molar-refractivity contribution in [3.05, 3.63) is 59.7 Å². The molecule has 0 saturated carbocycles. The Morgan fingerprint density at radius 3 is 2.42 bits per heavy atom. The molecule has 0 heterocycles. The van der Waals surface area contributed by atoms with Crippen molar-refractivity contribution in [2.24, 2.45) is 0 Å². The summed E-state index contributed by atoms with van der Waals surface area (Å²) in [7, 11) is 0. The fourth-order valence-electron chi connectivity index (χ4n) is 2.05. The Balaban J connectivity index is 1.94. The van der Waals surface area contributed by atoms with Gasteiger partial charge in [-0.25, -0.2) is 9.59 Å². The Bertz CT molecular complexity index is 696. The zero-order chi connectivity index (χ0) is 17.4. The monoisotopic (exact) mass is 326 g/mol. The Kier molecular flexibility index (Phi) is 6.37. The molecule has 2 aromatic rings. The van der Waals surface area contributed by atoms with E-state index in [0.717, 1.165) is 18.4 Å². The number of hydrogen-bond donors (Lipinski definition) is 2. The van der Waals surface area contributed by atoms with Gasteiger partial charge in [0.25, 0.3) is 0 Å². The largest absolute Gasteiger partial charge is 0.462 e. The van der Waals surface area contributed by atoms with Crippen molar-refractivity contribution >= 4 is 23.4 Å². The molecule has 0 unspecified atom stereocenters. The van der Waals surface area contributed by atoms with Crippen molar-refractivity contribution in [1.82, 2.24) is 0 Å². The lowest BCUT2D eigenvalue weighted by Gasteiger charge is -2.09. The fourth-order valence-corrected chi connectivity index (χ4v) is 2.05. The summed E-state index contributed by atoms with van der Waals surface area (Å²) in [5.41, 5.74) is 2.77. The van der Waals surface area contributed by atoms with Gasteiger partial charge in [0, 0.05) is 11.4 Å². The number of amides is 2. The van der Waals surface area contributed by atoms with Gasteiger partial charge in [-0.2, -0.15) is 0 Å². The lowest BCUT2D eigenvalue weighted by molar-refractivity contribution is 0.0500. The molecule has 5 nitrogen and oxygen atoms in total. The second-order valence-corrected chi connectivity index (χ2v) is 5.52. The topological polar surface area (TPSA) is 67.4 Å². The summed E-state index contributed by atoms with van der Waals surface area (Å²) in [6.07, 6.45) is 1.80. The highest BCUT2D eigenvalue weighted by Gasteiger charge is 2.09. The van der Waals surface area contributed by atoms with Crippen molar-refractivity contribution in [2.45, 2.75) is 26.7 Å². The van der Waals surface area contributed by atoms with Crippen LogP contribution in [0.25, 0.3) is 0 Å². The van der Waals surface area contributed by atoms with Crippen LogP contribution in [0.15, 0.2) is 48.5 Å². The first-order chi connectivity index (χ1) is 11.6. The van der Waals surface area contributed by atoms with E-state index in [1.807, 2.05) is 38.1 Å². The highest BCUT2D eigenvalue weighted by molar-refractivity contribution is 6.00. The SMILES string of the molecule is CCCCOC(=O)c1cccc(NC(=O)Nc2ccc(C)cc2)c1. The molecule has 2 amide bonds. The van der Waals surface area contributed by atoms with Crippen molar-refractivity contribution in [2.75, 3.05) is 17.2 Å². The molecule has 0 spiro atoms. The number of anilines is 2. The van der Waals surface area contributed by atoms with Gasteiger partial charge >= 0.3 is 12.0 Å². The normalized spacial score (nSPS) is 10.1. The maximum Gasteiger partial charge on any atom is 0.338 e. The average Bonchev–Trinajstić information content (AvgIpc) is 2.57. The first kappa shape index (κ1) is 17.5. The average molecular weight is 326 g/mol. The molecule has 0 fully saturated rings. The first-order valence-corrected chi connectivity index (χ1v) is 8.00. The molecule has 5 heteroatoms. The van der Waals surface area contributed by atoms with Gasteiger partial charge in [0.2, 0.25) is 0 Å². The highest BCUT2D eigenvalue weighted by atomic mass is 16.5. The molecule has 0 aliphatic carbocycles. The zero-order valence-electron chi connectivity index (χ0n) is 14.0. The standard InChI is InChI=1S/C19H22N2O3/c1-3-4-12-24-18(22)15-6-5-7-17(13-15)21-19(23)20-16-10-8-14(2)9-11-16/h5-11,13H,3-4,12H2,1-2H3,(H2,20,21,23). The summed E-state index contributed by atoms with van der Waals surface area (Å²) >= 11 is 0. The quantitative estimate of drug-likeness (QED) is 0.602. The summed E-state index contributed by atoms with van der Waals surface area (Å²) in [5.74, 6) is -0.383. The lowest BCUT2D eigenvalue weighted by Crippen LogP contribution is -2.19. The number of carbonyl (C=O) groups excluding carboxylic acids is 2. The van der Waals surface area contributed by atoms with Gasteiger partial charge in [-0.05, 0) is 43.7 Å². The third-order valence-corrected chi connectivity index (χ3v) is 3.40. The number of unbranched alkanes of at least 4 members (excludes halogenated alkanes) is 1. The molecule has 0 aromatic heterocycles. The molecule has 0 aliphatic heterocycles. The van der Waals surface area contributed by atoms with E-state index in [9.17, 15) is 9.59 Å². The van der Waals surface area contributed by atoms with Crippen molar-refractivity contribution < 1.29 is 14.3 Å². The predicted molar refractivity (Wildman–Crippen MR) is 95.5 cm³/mol. The number of aryl methyl sites for hydroxylation is 1. The molecule has 0 aliphatic rings. The number of hydrogen-bond acceptors (Lipinski definition) is 3. The lowest BCUT2D eigenvalue weighted by atomic mass is 10.2. The van der Waals surface area contributed by atoms with Gasteiger partial charge < -0.3 is 15.4 Å². The number of urea groups is 1. The van der Waals surface area contributed by atoms with Crippen LogP contribution >= 0.6 is 0 Å². The third kappa shape index (κ3) is 5.43. The Hall–Kier alpha value is -2.82. The van der Waals surface area contributed by atoms with E-state index < -0.39 is 0 Å².